The maximum absolute atomic E-state index is 14.2. The van der Waals surface area contributed by atoms with Crippen molar-refractivity contribution >= 4 is 86.5 Å². The molecule has 65 heavy (non-hydrogen) atoms. The summed E-state index contributed by atoms with van der Waals surface area (Å²) in [6.07, 6.45) is 3.41. The number of esters is 1. The number of anilines is 1. The summed E-state index contributed by atoms with van der Waals surface area (Å²) in [6.45, 7) is 13.7. The van der Waals surface area contributed by atoms with Gasteiger partial charge < -0.3 is 38.6 Å². The van der Waals surface area contributed by atoms with Crippen molar-refractivity contribution in [2.24, 2.45) is 5.16 Å². The highest BCUT2D eigenvalue weighted by Gasteiger charge is 2.55. The molecule has 18 nitrogen and oxygen atoms in total. The van der Waals surface area contributed by atoms with Gasteiger partial charge in [-0.1, -0.05) is 40.2 Å². The summed E-state index contributed by atoms with van der Waals surface area (Å²) in [5.41, 5.74) is 1.53. The first kappa shape index (κ1) is 48.6. The Morgan fingerprint density at radius 3 is 2.45 bits per heavy atom. The number of methoxy groups -OCH3 is 1. The first-order valence-electron chi connectivity index (χ1n) is 20.8. The van der Waals surface area contributed by atoms with Crippen LogP contribution in [0.15, 0.2) is 71.3 Å². The molecule has 0 aliphatic carbocycles. The van der Waals surface area contributed by atoms with Crippen LogP contribution in [0.25, 0.3) is 11.0 Å². The van der Waals surface area contributed by atoms with Gasteiger partial charge in [0.2, 0.25) is 5.52 Å². The Hall–Kier alpha value is -5.86. The van der Waals surface area contributed by atoms with Gasteiger partial charge in [0.05, 0.1) is 7.11 Å². The van der Waals surface area contributed by atoms with E-state index in [-0.39, 0.29) is 52.4 Å². The van der Waals surface area contributed by atoms with E-state index in [1.807, 2.05) is 55.9 Å². The van der Waals surface area contributed by atoms with Crippen molar-refractivity contribution in [1.29, 1.82) is 0 Å². The van der Waals surface area contributed by atoms with E-state index in [1.165, 1.54) is 16.7 Å². The molecular weight excluding hydrogens is 900 g/mol. The number of thiazole rings is 1. The van der Waals surface area contributed by atoms with E-state index in [0.29, 0.717) is 42.1 Å². The van der Waals surface area contributed by atoms with Crippen molar-refractivity contribution in [2.75, 3.05) is 38.4 Å². The lowest BCUT2D eigenvalue weighted by Crippen LogP contribution is -2.71. The molecule has 5 heterocycles. The molecule has 21 heteroatoms. The molecule has 348 valence electrons. The number of oxime groups is 1. The number of carbonyl (C=O) groups is 5. The normalized spacial score (nSPS) is 16.4. The van der Waals surface area contributed by atoms with Gasteiger partial charge in [0, 0.05) is 49.8 Å². The monoisotopic (exact) mass is 953 g/mol. The molecular formula is C44H54ClN8O10S2+. The van der Waals surface area contributed by atoms with Crippen LogP contribution in [0.5, 0.6) is 5.75 Å². The van der Waals surface area contributed by atoms with Crippen LogP contribution in [0.3, 0.4) is 0 Å². The Bertz CT molecular complexity index is 2490. The van der Waals surface area contributed by atoms with Crippen molar-refractivity contribution in [3.05, 3.63) is 81.7 Å². The van der Waals surface area contributed by atoms with Crippen LogP contribution in [-0.4, -0.2) is 111 Å². The van der Waals surface area contributed by atoms with E-state index in [0.717, 1.165) is 22.4 Å². The van der Waals surface area contributed by atoms with E-state index in [2.05, 4.69) is 25.3 Å². The number of rotatable bonds is 16. The summed E-state index contributed by atoms with van der Waals surface area (Å²) in [6, 6.07) is 11.9. The van der Waals surface area contributed by atoms with Gasteiger partial charge in [0.15, 0.2) is 23.6 Å². The minimum absolute atomic E-state index is 0.0291. The fraction of sp³-hybridized carbons (Fsp3) is 0.455. The number of hydrogen-bond donors (Lipinski definition) is 2. The van der Waals surface area contributed by atoms with Gasteiger partial charge in [-0.3, -0.25) is 19.8 Å². The van der Waals surface area contributed by atoms with Gasteiger partial charge in [0.25, 0.3) is 11.8 Å². The molecule has 2 aliphatic rings. The number of fused-ring (bicyclic) bond motifs is 2. The Balaban J connectivity index is 1.22. The molecule has 0 bridgehead atoms. The number of carbonyl (C=O) groups excluding carboxylic acids is 5. The molecule has 2 N–H and O–H groups in total. The van der Waals surface area contributed by atoms with Crippen LogP contribution in [0.1, 0.15) is 66.1 Å². The second-order valence-corrected chi connectivity index (χ2v) is 19.7. The fourth-order valence-corrected chi connectivity index (χ4v) is 9.19. The molecule has 4 amide bonds. The number of β-lactam (4-membered cyclic amide) rings is 1. The minimum Gasteiger partial charge on any atom is -0.497 e. The smallest absolute Gasteiger partial charge is 0.413 e. The van der Waals surface area contributed by atoms with Crippen LogP contribution in [-0.2, 0) is 53.1 Å². The Morgan fingerprint density at radius 1 is 1.05 bits per heavy atom. The third-order valence-electron chi connectivity index (χ3n) is 9.75. The van der Waals surface area contributed by atoms with Gasteiger partial charge in [-0.15, -0.1) is 11.8 Å². The lowest BCUT2D eigenvalue weighted by molar-refractivity contribution is -0.663. The van der Waals surface area contributed by atoms with E-state index in [1.54, 1.807) is 71.0 Å². The third-order valence-corrected chi connectivity index (χ3v) is 12.3. The van der Waals surface area contributed by atoms with Gasteiger partial charge >= 0.3 is 18.2 Å². The largest absolute Gasteiger partial charge is 0.497 e. The average molecular weight is 955 g/mol. The number of hydrogen-bond acceptors (Lipinski definition) is 14. The van der Waals surface area contributed by atoms with Crippen LogP contribution >= 0.6 is 34.7 Å². The molecule has 2 unspecified atom stereocenters. The van der Waals surface area contributed by atoms with Crippen LogP contribution < -0.4 is 19.9 Å². The van der Waals surface area contributed by atoms with E-state index in [9.17, 15) is 24.0 Å². The number of aryl methyl sites for hydroxylation is 1. The molecule has 1 fully saturated rings. The molecule has 2 aliphatic heterocycles. The SMILES string of the molecule is CCO/N=C(\C(=O)NC1C(=O)N2C(C(=O)OCc3ccc(OC)cc3)=C(C[n+]3cccc4c3ccn4CCCN(C)C(=O)OC(C)(C)C)CSC12)c1nc(NC(=O)OC(C)(C)C)sc1Cl. The summed E-state index contributed by atoms with van der Waals surface area (Å²) in [7, 11) is 3.27. The highest BCUT2D eigenvalue weighted by molar-refractivity contribution is 8.00. The van der Waals surface area contributed by atoms with Crippen molar-refractivity contribution in [1.82, 2.24) is 24.7 Å². The van der Waals surface area contributed by atoms with Crippen LogP contribution in [0, 0.1) is 0 Å². The molecule has 1 aromatic carbocycles. The van der Waals surface area contributed by atoms with Gasteiger partial charge in [0.1, 0.15) is 62.8 Å². The predicted octanol–water partition coefficient (Wildman–Crippen LogP) is 6.49. The molecule has 0 saturated carbocycles. The highest BCUT2D eigenvalue weighted by atomic mass is 35.5. The highest BCUT2D eigenvalue weighted by Crippen LogP contribution is 2.41. The number of pyridine rings is 1. The molecule has 0 radical (unpaired) electrons. The molecule has 2 atom stereocenters. The Labute approximate surface area is 390 Å². The third kappa shape index (κ3) is 12.1. The van der Waals surface area contributed by atoms with Crippen LogP contribution in [0.2, 0.25) is 4.34 Å². The van der Waals surface area contributed by atoms with E-state index < -0.39 is 46.5 Å². The number of nitrogens with zero attached hydrogens (tertiary/aromatic N) is 6. The molecule has 1 saturated heterocycles. The molecule has 4 aromatic rings. The summed E-state index contributed by atoms with van der Waals surface area (Å²) in [4.78, 5) is 79.7. The zero-order valence-corrected chi connectivity index (χ0v) is 40.1. The zero-order chi connectivity index (χ0) is 47.2. The van der Waals surface area contributed by atoms with Crippen molar-refractivity contribution in [3.63, 3.8) is 0 Å². The van der Waals surface area contributed by atoms with Crippen molar-refractivity contribution < 1.29 is 52.3 Å². The molecule has 6 rings (SSSR count). The average Bonchev–Trinajstić information content (AvgIpc) is 3.83. The maximum Gasteiger partial charge on any atom is 0.413 e. The summed E-state index contributed by atoms with van der Waals surface area (Å²) in [5.74, 6) is -1.07. The van der Waals surface area contributed by atoms with E-state index in [4.69, 9.17) is 35.4 Å². The zero-order valence-electron chi connectivity index (χ0n) is 37.8. The Morgan fingerprint density at radius 2 is 1.77 bits per heavy atom. The number of thioether (sulfide) groups is 1. The standard InChI is InChI=1S/C44H53ClN8O10S2/c1-10-61-49-32(31-35(45)65-40(47-31)48-41(57)62-43(2,3)4)36(54)46-33-37(55)53-34(39(56)60-24-26-14-16-28(59-9)17-15-26)27(25-64-38(33)53)23-52-20-11-13-29-30(52)18-22-51(29)21-12-19-50(8)42(58)63-44(5,6)7/h11,13-18,20,22,33,38H,10,12,19,21,23-25H2,1-9H3,(H-,46,47,48,54,57)/p+1/b49-32-. The number of nitrogens with one attached hydrogen (secondary N) is 2. The van der Waals surface area contributed by atoms with Gasteiger partial charge in [-0.25, -0.2) is 19.4 Å². The van der Waals surface area contributed by atoms with Crippen molar-refractivity contribution in [3.8, 4) is 5.75 Å². The van der Waals surface area contributed by atoms with Crippen LogP contribution in [0.4, 0.5) is 14.7 Å². The number of aromatic nitrogens is 3. The predicted molar refractivity (Wildman–Crippen MR) is 246 cm³/mol. The summed E-state index contributed by atoms with van der Waals surface area (Å²) < 4.78 is 26.1. The van der Waals surface area contributed by atoms with Crippen molar-refractivity contribution in [2.45, 2.75) is 97.2 Å². The molecule has 3 aromatic heterocycles. The topological polar surface area (TPSA) is 196 Å². The minimum atomic E-state index is -1.07. The summed E-state index contributed by atoms with van der Waals surface area (Å²) in [5, 5.41) is 8.60. The number of ether oxygens (including phenoxy) is 4. The quantitative estimate of drug-likeness (QED) is 0.0310. The lowest BCUT2D eigenvalue weighted by atomic mass is 10.0. The van der Waals surface area contributed by atoms with E-state index >= 15 is 0 Å². The first-order valence-corrected chi connectivity index (χ1v) is 23.1. The van der Waals surface area contributed by atoms with Gasteiger partial charge in [-0.2, -0.15) is 4.57 Å². The number of amides is 4. The number of benzene rings is 1. The summed E-state index contributed by atoms with van der Waals surface area (Å²) >= 11 is 8.78. The van der Waals surface area contributed by atoms with Gasteiger partial charge in [-0.05, 0) is 78.6 Å². The second-order valence-electron chi connectivity index (χ2n) is 17.0. The molecule has 0 spiro atoms. The number of halogens is 1. The maximum atomic E-state index is 14.2. The Kier molecular flexibility index (Phi) is 15.4. The fourth-order valence-electron chi connectivity index (χ4n) is 6.82. The first-order chi connectivity index (χ1) is 30.8. The lowest BCUT2D eigenvalue weighted by Gasteiger charge is -2.49. The second kappa shape index (κ2) is 20.5.